The van der Waals surface area contributed by atoms with E-state index in [0.717, 1.165) is 6.04 Å². The van der Waals surface area contributed by atoms with E-state index in [1.807, 2.05) is 11.3 Å². The molecule has 1 unspecified atom stereocenters. The van der Waals surface area contributed by atoms with E-state index in [4.69, 9.17) is 0 Å². The van der Waals surface area contributed by atoms with E-state index < -0.39 is 0 Å². The molecule has 0 radical (unpaired) electrons. The van der Waals surface area contributed by atoms with Gasteiger partial charge in [-0.3, -0.25) is 0 Å². The van der Waals surface area contributed by atoms with Gasteiger partial charge in [0.1, 0.15) is 0 Å². The van der Waals surface area contributed by atoms with Crippen LogP contribution in [0, 0.1) is 13.8 Å². The van der Waals surface area contributed by atoms with Gasteiger partial charge in [-0.25, -0.2) is 4.98 Å². The van der Waals surface area contributed by atoms with Gasteiger partial charge in [0.25, 0.3) is 0 Å². The van der Waals surface area contributed by atoms with Crippen LogP contribution in [0.1, 0.15) is 54.2 Å². The number of nitrogens with zero attached hydrogens (tertiary/aromatic N) is 1. The van der Waals surface area contributed by atoms with Crippen LogP contribution in [-0.4, -0.2) is 11.0 Å². The average Bonchev–Trinajstić information content (AvgIpc) is 2.75. The molecule has 0 amide bonds. The van der Waals surface area contributed by atoms with Crippen molar-refractivity contribution in [3.63, 3.8) is 0 Å². The number of nitrogens with one attached hydrogen (secondary N) is 1. The highest BCUT2D eigenvalue weighted by Crippen LogP contribution is 2.27. The summed E-state index contributed by atoms with van der Waals surface area (Å²) in [6.45, 7) is 6.47. The second-order valence-corrected chi connectivity index (χ2v) is 5.79. The molecule has 1 fully saturated rings. The summed E-state index contributed by atoms with van der Waals surface area (Å²) in [6.07, 6.45) is 5.48. The Balaban J connectivity index is 2.00. The Kier molecular flexibility index (Phi) is 3.42. The van der Waals surface area contributed by atoms with Crippen molar-refractivity contribution in [1.29, 1.82) is 0 Å². The monoisotopic (exact) mass is 224 g/mol. The molecule has 2 rings (SSSR count). The Morgan fingerprint density at radius 2 is 2.00 bits per heavy atom. The Bertz CT molecular complexity index is 326. The molecule has 1 aromatic heterocycles. The van der Waals surface area contributed by atoms with E-state index >= 15 is 0 Å². The minimum atomic E-state index is 0.472. The lowest BCUT2D eigenvalue weighted by molar-refractivity contribution is 0.464. The number of rotatable bonds is 3. The summed E-state index contributed by atoms with van der Waals surface area (Å²) in [5.41, 5.74) is 1.20. The largest absolute Gasteiger partial charge is 0.307 e. The van der Waals surface area contributed by atoms with Crippen LogP contribution in [0.5, 0.6) is 0 Å². The molecule has 2 nitrogen and oxygen atoms in total. The fourth-order valence-electron chi connectivity index (χ4n) is 2.47. The normalized spacial score (nSPS) is 19.7. The van der Waals surface area contributed by atoms with Gasteiger partial charge in [-0.05, 0) is 33.6 Å². The lowest BCUT2D eigenvalue weighted by Crippen LogP contribution is -2.28. The Morgan fingerprint density at radius 1 is 1.33 bits per heavy atom. The molecule has 0 spiro atoms. The average molecular weight is 224 g/mol. The third-order valence-electron chi connectivity index (χ3n) is 3.17. The van der Waals surface area contributed by atoms with Crippen molar-refractivity contribution < 1.29 is 0 Å². The minimum absolute atomic E-state index is 0.472. The highest BCUT2D eigenvalue weighted by Gasteiger charge is 2.19. The molecule has 0 aliphatic heterocycles. The molecular weight excluding hydrogens is 204 g/mol. The molecule has 0 bridgehead atoms. The predicted octanol–water partition coefficient (Wildman–Crippen LogP) is 3.35. The van der Waals surface area contributed by atoms with Crippen molar-refractivity contribution in [3.05, 3.63) is 15.6 Å². The standard InChI is InChI=1S/C12H20N2S/c1-8-12(15-10(3)13-8)9(2)14-11-6-4-5-7-11/h9,11,14H,4-7H2,1-3H3. The first-order valence-electron chi connectivity index (χ1n) is 5.87. The van der Waals surface area contributed by atoms with Gasteiger partial charge < -0.3 is 5.32 Å². The van der Waals surface area contributed by atoms with Crippen LogP contribution in [-0.2, 0) is 0 Å². The van der Waals surface area contributed by atoms with E-state index in [9.17, 15) is 0 Å². The summed E-state index contributed by atoms with van der Waals surface area (Å²) in [4.78, 5) is 5.90. The summed E-state index contributed by atoms with van der Waals surface area (Å²) in [7, 11) is 0. The maximum absolute atomic E-state index is 4.49. The first-order valence-corrected chi connectivity index (χ1v) is 6.68. The molecule has 1 heterocycles. The van der Waals surface area contributed by atoms with Crippen molar-refractivity contribution in [3.8, 4) is 0 Å². The van der Waals surface area contributed by atoms with Crippen LogP contribution < -0.4 is 5.32 Å². The molecular formula is C12H20N2S. The quantitative estimate of drug-likeness (QED) is 0.851. The van der Waals surface area contributed by atoms with Gasteiger partial charge >= 0.3 is 0 Å². The number of hydrogen-bond donors (Lipinski definition) is 1. The van der Waals surface area contributed by atoms with Gasteiger partial charge in [0.2, 0.25) is 0 Å². The number of hydrogen-bond acceptors (Lipinski definition) is 3. The molecule has 3 heteroatoms. The summed E-state index contributed by atoms with van der Waals surface area (Å²) in [6, 6.07) is 1.21. The lowest BCUT2D eigenvalue weighted by atomic mass is 10.2. The van der Waals surface area contributed by atoms with Gasteiger partial charge in [0.05, 0.1) is 10.7 Å². The van der Waals surface area contributed by atoms with Crippen LogP contribution in [0.4, 0.5) is 0 Å². The molecule has 15 heavy (non-hydrogen) atoms. The zero-order valence-electron chi connectivity index (χ0n) is 9.84. The van der Waals surface area contributed by atoms with Crippen LogP contribution >= 0.6 is 11.3 Å². The van der Waals surface area contributed by atoms with Crippen molar-refractivity contribution >= 4 is 11.3 Å². The fraction of sp³-hybridized carbons (Fsp3) is 0.750. The molecule has 1 atom stereocenters. The van der Waals surface area contributed by atoms with Crippen molar-refractivity contribution in [1.82, 2.24) is 10.3 Å². The second-order valence-electron chi connectivity index (χ2n) is 4.55. The third kappa shape index (κ3) is 2.58. The molecule has 0 saturated heterocycles. The van der Waals surface area contributed by atoms with Crippen molar-refractivity contribution in [2.45, 2.75) is 58.5 Å². The summed E-state index contributed by atoms with van der Waals surface area (Å²) < 4.78 is 0. The van der Waals surface area contributed by atoms with Crippen LogP contribution in [0.3, 0.4) is 0 Å². The molecule has 1 aliphatic carbocycles. The predicted molar refractivity (Wildman–Crippen MR) is 65.4 cm³/mol. The van der Waals surface area contributed by atoms with E-state index in [2.05, 4.69) is 31.1 Å². The zero-order chi connectivity index (χ0) is 10.8. The minimum Gasteiger partial charge on any atom is -0.307 e. The van der Waals surface area contributed by atoms with Gasteiger partial charge in [-0.1, -0.05) is 12.8 Å². The first kappa shape index (κ1) is 11.1. The van der Waals surface area contributed by atoms with Gasteiger partial charge in [0.15, 0.2) is 0 Å². The van der Waals surface area contributed by atoms with Crippen molar-refractivity contribution in [2.75, 3.05) is 0 Å². The molecule has 1 aliphatic rings. The Morgan fingerprint density at radius 3 is 2.53 bits per heavy atom. The van der Waals surface area contributed by atoms with Crippen LogP contribution in [0.25, 0.3) is 0 Å². The van der Waals surface area contributed by atoms with Gasteiger partial charge in [-0.15, -0.1) is 11.3 Å². The second kappa shape index (κ2) is 4.62. The van der Waals surface area contributed by atoms with E-state index in [0.29, 0.717) is 6.04 Å². The Labute approximate surface area is 96.1 Å². The number of aromatic nitrogens is 1. The fourth-order valence-corrected chi connectivity index (χ4v) is 3.41. The lowest BCUT2D eigenvalue weighted by Gasteiger charge is -2.18. The summed E-state index contributed by atoms with van der Waals surface area (Å²) in [5.74, 6) is 0. The molecule has 1 saturated carbocycles. The van der Waals surface area contributed by atoms with Crippen LogP contribution in [0.15, 0.2) is 0 Å². The number of aryl methyl sites for hydroxylation is 2. The Hall–Kier alpha value is -0.410. The van der Waals surface area contributed by atoms with Gasteiger partial charge in [-0.2, -0.15) is 0 Å². The molecule has 1 N–H and O–H groups in total. The topological polar surface area (TPSA) is 24.9 Å². The van der Waals surface area contributed by atoms with Gasteiger partial charge in [0, 0.05) is 17.0 Å². The molecule has 84 valence electrons. The van der Waals surface area contributed by atoms with Crippen LogP contribution in [0.2, 0.25) is 0 Å². The summed E-state index contributed by atoms with van der Waals surface area (Å²) in [5, 5.41) is 4.90. The number of thiazole rings is 1. The molecule has 1 aromatic rings. The molecule has 0 aromatic carbocycles. The highest BCUT2D eigenvalue weighted by atomic mass is 32.1. The third-order valence-corrected chi connectivity index (χ3v) is 4.43. The van der Waals surface area contributed by atoms with E-state index in [-0.39, 0.29) is 0 Å². The maximum atomic E-state index is 4.49. The summed E-state index contributed by atoms with van der Waals surface area (Å²) >= 11 is 1.83. The van der Waals surface area contributed by atoms with Crippen molar-refractivity contribution in [2.24, 2.45) is 0 Å². The zero-order valence-corrected chi connectivity index (χ0v) is 10.7. The maximum Gasteiger partial charge on any atom is 0.0900 e. The van der Waals surface area contributed by atoms with E-state index in [1.165, 1.54) is 41.3 Å². The van der Waals surface area contributed by atoms with E-state index in [1.54, 1.807) is 0 Å². The smallest absolute Gasteiger partial charge is 0.0900 e. The first-order chi connectivity index (χ1) is 7.16. The highest BCUT2D eigenvalue weighted by molar-refractivity contribution is 7.11. The SMILES string of the molecule is Cc1nc(C)c(C(C)NC2CCCC2)s1.